The lowest BCUT2D eigenvalue weighted by atomic mass is 9.37. The molecule has 1 saturated heterocycles. The average Bonchev–Trinajstić information content (AvgIpc) is 3.04. The number of anilines is 1. The molecule has 6 nitrogen and oxygen atoms in total. The minimum Gasteiger partial charge on any atom is -0.393 e. The standard InChI is InChI=1S/C24H25F2N3O3S/c1-13-20(22(31)27-14-5-6-15(25)16(26)10-14)28-9-3-2-4-17(28)21(13)33-29-18-7-8-24(18)19(29)11-23(24,32)12-30/h2,4-6,10,18-19,30,32H,3,7-9,11-12H2,1H3,(H,27,31). The van der Waals surface area contributed by atoms with E-state index < -0.39 is 17.2 Å². The van der Waals surface area contributed by atoms with E-state index in [1.165, 1.54) is 6.07 Å². The van der Waals surface area contributed by atoms with Crippen molar-refractivity contribution in [3.8, 4) is 0 Å². The molecule has 174 valence electrons. The lowest BCUT2D eigenvalue weighted by Gasteiger charge is -2.81. The largest absolute Gasteiger partial charge is 0.393 e. The zero-order valence-electron chi connectivity index (χ0n) is 18.1. The van der Waals surface area contributed by atoms with Crippen LogP contribution in [-0.2, 0) is 6.54 Å². The van der Waals surface area contributed by atoms with E-state index in [4.69, 9.17) is 0 Å². The monoisotopic (exact) mass is 473 g/mol. The zero-order valence-corrected chi connectivity index (χ0v) is 19.0. The number of nitrogens with zero attached hydrogens (tertiary/aromatic N) is 2. The van der Waals surface area contributed by atoms with Crippen molar-refractivity contribution >= 4 is 29.6 Å². The molecule has 3 heterocycles. The Morgan fingerprint density at radius 1 is 1.30 bits per heavy atom. The number of nitrogens with one attached hydrogen (secondary N) is 1. The lowest BCUT2D eigenvalue weighted by Crippen LogP contribution is -2.90. The molecule has 2 aliphatic heterocycles. The van der Waals surface area contributed by atoms with Crippen LogP contribution in [0.25, 0.3) is 6.08 Å². The van der Waals surface area contributed by atoms with Crippen molar-refractivity contribution in [1.82, 2.24) is 8.87 Å². The summed E-state index contributed by atoms with van der Waals surface area (Å²) in [6.45, 7) is 2.38. The summed E-state index contributed by atoms with van der Waals surface area (Å²) in [6, 6.07) is 3.76. The van der Waals surface area contributed by atoms with Crippen LogP contribution >= 0.6 is 11.9 Å². The molecule has 1 aromatic heterocycles. The van der Waals surface area contributed by atoms with E-state index in [0.717, 1.165) is 47.5 Å². The molecule has 4 atom stereocenters. The molecule has 2 aliphatic carbocycles. The second-order valence-corrected chi connectivity index (χ2v) is 10.6. The molecule has 2 aromatic rings. The van der Waals surface area contributed by atoms with Gasteiger partial charge in [-0.05, 0) is 68.3 Å². The molecule has 33 heavy (non-hydrogen) atoms. The summed E-state index contributed by atoms with van der Waals surface area (Å²) >= 11 is 1.63. The van der Waals surface area contributed by atoms with Crippen LogP contribution in [0, 0.1) is 24.0 Å². The highest BCUT2D eigenvalue weighted by Crippen LogP contribution is 2.74. The normalized spacial score (nSPS) is 31.5. The van der Waals surface area contributed by atoms with Crippen LogP contribution in [-0.4, -0.2) is 49.3 Å². The second kappa shape index (κ2) is 7.15. The molecule has 2 saturated carbocycles. The van der Waals surface area contributed by atoms with E-state index in [2.05, 4.69) is 15.7 Å². The summed E-state index contributed by atoms with van der Waals surface area (Å²) in [7, 11) is 0. The Hall–Kier alpha value is -2.20. The maximum atomic E-state index is 13.6. The fraction of sp³-hybridized carbons (Fsp3) is 0.458. The summed E-state index contributed by atoms with van der Waals surface area (Å²) in [6.07, 6.45) is 7.41. The number of allylic oxidation sites excluding steroid dienone is 1. The van der Waals surface area contributed by atoms with E-state index in [9.17, 15) is 23.8 Å². The van der Waals surface area contributed by atoms with Crippen LogP contribution < -0.4 is 5.32 Å². The number of carbonyl (C=O) groups is 1. The maximum Gasteiger partial charge on any atom is 0.272 e. The Morgan fingerprint density at radius 3 is 2.79 bits per heavy atom. The number of fused-ring (bicyclic) bond motifs is 1. The topological polar surface area (TPSA) is 77.7 Å². The fourth-order valence-corrected chi connectivity index (χ4v) is 7.88. The first-order valence-electron chi connectivity index (χ1n) is 11.3. The first-order valence-corrected chi connectivity index (χ1v) is 12.0. The summed E-state index contributed by atoms with van der Waals surface area (Å²) in [5.74, 6) is -2.33. The summed E-state index contributed by atoms with van der Waals surface area (Å²) < 4.78 is 31.2. The minimum absolute atomic E-state index is 0.189. The van der Waals surface area contributed by atoms with Crippen molar-refractivity contribution in [3.05, 3.63) is 52.9 Å². The van der Waals surface area contributed by atoms with Crippen LogP contribution in [0.2, 0.25) is 0 Å². The van der Waals surface area contributed by atoms with Gasteiger partial charge in [-0.1, -0.05) is 6.08 Å². The number of aliphatic hydroxyl groups is 2. The Balaban J connectivity index is 1.30. The quantitative estimate of drug-likeness (QED) is 0.577. The Kier molecular flexibility index (Phi) is 4.62. The predicted octanol–water partition coefficient (Wildman–Crippen LogP) is 3.71. The third-order valence-electron chi connectivity index (χ3n) is 8.17. The molecule has 0 bridgehead atoms. The van der Waals surface area contributed by atoms with E-state index in [1.807, 2.05) is 17.6 Å². The molecule has 3 fully saturated rings. The summed E-state index contributed by atoms with van der Waals surface area (Å²) in [5.41, 5.74) is 1.37. The van der Waals surface area contributed by atoms with Gasteiger partial charge in [-0.15, -0.1) is 0 Å². The van der Waals surface area contributed by atoms with Gasteiger partial charge in [-0.25, -0.2) is 13.1 Å². The van der Waals surface area contributed by atoms with Gasteiger partial charge in [0.2, 0.25) is 0 Å². The van der Waals surface area contributed by atoms with Gasteiger partial charge in [0.1, 0.15) is 5.69 Å². The minimum atomic E-state index is -1.01. The molecule has 3 N–H and O–H groups in total. The number of hydrogen-bond acceptors (Lipinski definition) is 5. The number of hydrogen-bond donors (Lipinski definition) is 3. The maximum absolute atomic E-state index is 13.6. The van der Waals surface area contributed by atoms with Crippen LogP contribution in [0.1, 0.15) is 47.4 Å². The molecule has 9 heteroatoms. The van der Waals surface area contributed by atoms with E-state index in [1.54, 1.807) is 11.9 Å². The lowest BCUT2D eigenvalue weighted by molar-refractivity contribution is -0.348. The molecule has 0 radical (unpaired) electrons. The van der Waals surface area contributed by atoms with Crippen LogP contribution in [0.15, 0.2) is 29.2 Å². The van der Waals surface area contributed by atoms with Crippen LogP contribution in [0.5, 0.6) is 0 Å². The average molecular weight is 474 g/mol. The van der Waals surface area contributed by atoms with Crippen molar-refractivity contribution < 1.29 is 23.8 Å². The van der Waals surface area contributed by atoms with E-state index in [-0.39, 0.29) is 35.7 Å². The highest BCUT2D eigenvalue weighted by molar-refractivity contribution is 7.97. The van der Waals surface area contributed by atoms with Crippen LogP contribution in [0.4, 0.5) is 14.5 Å². The van der Waals surface area contributed by atoms with Gasteiger partial charge in [0.05, 0.1) is 22.8 Å². The molecule has 4 aliphatic rings. The van der Waals surface area contributed by atoms with E-state index in [0.29, 0.717) is 18.7 Å². The Bertz CT molecular complexity index is 1210. The van der Waals surface area contributed by atoms with Crippen molar-refractivity contribution in [2.75, 3.05) is 11.9 Å². The van der Waals surface area contributed by atoms with Gasteiger partial charge in [0.25, 0.3) is 5.91 Å². The molecular formula is C24H25F2N3O3S. The zero-order chi connectivity index (χ0) is 23.1. The second-order valence-electron chi connectivity index (χ2n) is 9.57. The highest BCUT2D eigenvalue weighted by atomic mass is 32.2. The number of aliphatic hydroxyl groups excluding tert-OH is 1. The summed E-state index contributed by atoms with van der Waals surface area (Å²) in [4.78, 5) is 14.2. The SMILES string of the molecule is Cc1c(SN2C3CCC34C2CC4(O)CO)c2n(c1C(=O)Nc1ccc(F)c(F)c1)CCC=C2. The Labute approximate surface area is 194 Å². The first kappa shape index (κ1) is 21.3. The molecule has 1 amide bonds. The number of carbonyl (C=O) groups excluding carboxylic acids is 1. The number of piperidine rings is 2. The third-order valence-corrected chi connectivity index (χ3v) is 9.59. The number of halogens is 2. The molecule has 1 aromatic carbocycles. The third kappa shape index (κ3) is 2.67. The van der Waals surface area contributed by atoms with Gasteiger partial charge in [0, 0.05) is 35.8 Å². The van der Waals surface area contributed by atoms with Gasteiger partial charge in [0.15, 0.2) is 11.6 Å². The van der Waals surface area contributed by atoms with Crippen molar-refractivity contribution in [3.63, 3.8) is 0 Å². The van der Waals surface area contributed by atoms with Gasteiger partial charge in [-0.2, -0.15) is 0 Å². The van der Waals surface area contributed by atoms with E-state index >= 15 is 0 Å². The number of amides is 1. The molecular weight excluding hydrogens is 448 g/mol. The molecule has 4 unspecified atom stereocenters. The summed E-state index contributed by atoms with van der Waals surface area (Å²) in [5, 5.41) is 23.2. The number of aromatic nitrogens is 1. The van der Waals surface area contributed by atoms with Crippen LogP contribution in [0.3, 0.4) is 0 Å². The molecule has 1 spiro atoms. The highest BCUT2D eigenvalue weighted by Gasteiger charge is 2.81. The van der Waals surface area contributed by atoms with Gasteiger partial charge >= 0.3 is 0 Å². The number of rotatable bonds is 5. The smallest absolute Gasteiger partial charge is 0.272 e. The Morgan fingerprint density at radius 2 is 2.12 bits per heavy atom. The first-order chi connectivity index (χ1) is 15.8. The fourth-order valence-electron chi connectivity index (χ4n) is 6.35. The van der Waals surface area contributed by atoms with Crippen molar-refractivity contribution in [1.29, 1.82) is 0 Å². The van der Waals surface area contributed by atoms with Gasteiger partial charge < -0.3 is 20.1 Å². The molecule has 6 rings (SSSR count). The van der Waals surface area contributed by atoms with Gasteiger partial charge in [-0.3, -0.25) is 4.79 Å². The van der Waals surface area contributed by atoms with Crippen molar-refractivity contribution in [2.24, 2.45) is 5.41 Å². The number of benzene rings is 1. The predicted molar refractivity (Wildman–Crippen MR) is 121 cm³/mol. The van der Waals surface area contributed by atoms with Crippen molar-refractivity contribution in [2.45, 2.75) is 61.7 Å².